The normalized spacial score (nSPS) is 25.6. The van der Waals surface area contributed by atoms with Gasteiger partial charge < -0.3 is 20.3 Å². The quantitative estimate of drug-likeness (QED) is 0.567. The third-order valence-electron chi connectivity index (χ3n) is 6.04. The molecule has 2 unspecified atom stereocenters. The van der Waals surface area contributed by atoms with Crippen LogP contribution in [0.25, 0.3) is 17.1 Å². The number of ether oxygens (including phenoxy) is 1. The van der Waals surface area contributed by atoms with Crippen LogP contribution in [0, 0.1) is 12.8 Å². The number of aryl methyl sites for hydroxylation is 1. The zero-order valence-electron chi connectivity index (χ0n) is 18.8. The fraction of sp³-hybridized carbons (Fsp3) is 0.524. The number of alkyl halides is 1. The molecule has 5 rings (SSSR count). The molecule has 4 atom stereocenters. The Morgan fingerprint density at radius 1 is 1.19 bits per heavy atom. The number of hydrogen-bond donors (Lipinski definition) is 3. The molecule has 0 saturated carbocycles. The van der Waals surface area contributed by atoms with Crippen molar-refractivity contribution in [2.75, 3.05) is 30.4 Å². The highest BCUT2D eigenvalue weighted by Crippen LogP contribution is 2.38. The molecule has 170 valence electrons. The lowest BCUT2D eigenvalue weighted by Crippen LogP contribution is -2.54. The molecule has 3 aromatic heterocycles. The number of nitrogens with one attached hydrogen (secondary N) is 3. The number of pyridine rings is 1. The summed E-state index contributed by atoms with van der Waals surface area (Å²) >= 11 is 0. The molecule has 11 heteroatoms. The molecular formula is C21H28FN9O. The van der Waals surface area contributed by atoms with Gasteiger partial charge in [0, 0.05) is 42.9 Å². The highest BCUT2D eigenvalue weighted by atomic mass is 19.1. The van der Waals surface area contributed by atoms with Crippen LogP contribution in [0.4, 0.5) is 16.0 Å². The van der Waals surface area contributed by atoms with Crippen molar-refractivity contribution in [1.82, 2.24) is 35.3 Å². The number of aromatic amines is 1. The molecule has 10 nitrogen and oxygen atoms in total. The monoisotopic (exact) mass is 441 g/mol. The molecule has 32 heavy (non-hydrogen) atoms. The summed E-state index contributed by atoms with van der Waals surface area (Å²) in [5.41, 5.74) is 1.45. The fourth-order valence-electron chi connectivity index (χ4n) is 4.55. The zero-order valence-corrected chi connectivity index (χ0v) is 18.8. The number of nitrogens with zero attached hydrogens (tertiary/aromatic N) is 6. The number of aromatic nitrogens is 6. The van der Waals surface area contributed by atoms with Crippen LogP contribution in [0.3, 0.4) is 0 Å². The average molecular weight is 442 g/mol. The molecule has 0 radical (unpaired) electrons. The topological polar surface area (TPSA) is 109 Å². The van der Waals surface area contributed by atoms with E-state index in [1.54, 1.807) is 20.2 Å². The van der Waals surface area contributed by atoms with Crippen LogP contribution in [0.15, 0.2) is 11.8 Å². The van der Waals surface area contributed by atoms with Crippen LogP contribution in [0.5, 0.6) is 5.88 Å². The summed E-state index contributed by atoms with van der Waals surface area (Å²) in [5.74, 6) is 2.25. The van der Waals surface area contributed by atoms with Gasteiger partial charge in [0.25, 0.3) is 0 Å². The average Bonchev–Trinajstić information content (AvgIpc) is 3.33. The first-order chi connectivity index (χ1) is 15.3. The summed E-state index contributed by atoms with van der Waals surface area (Å²) in [6, 6.07) is 2.70. The maximum absolute atomic E-state index is 15.0. The van der Waals surface area contributed by atoms with E-state index in [1.165, 1.54) is 4.68 Å². The van der Waals surface area contributed by atoms with Gasteiger partial charge >= 0.3 is 0 Å². The first-order valence-electron chi connectivity index (χ1n) is 10.8. The van der Waals surface area contributed by atoms with Crippen LogP contribution in [0.2, 0.25) is 0 Å². The third-order valence-corrected chi connectivity index (χ3v) is 6.04. The maximum Gasteiger partial charge on any atom is 0.228 e. The number of methoxy groups -OCH3 is 1. The summed E-state index contributed by atoms with van der Waals surface area (Å²) in [7, 11) is 1.59. The van der Waals surface area contributed by atoms with E-state index >= 15 is 0 Å². The minimum absolute atomic E-state index is 0.316. The van der Waals surface area contributed by atoms with Crippen molar-refractivity contribution in [2.45, 2.75) is 46.0 Å². The molecule has 2 aliphatic heterocycles. The molecule has 1 saturated heterocycles. The number of rotatable bonds is 4. The smallest absolute Gasteiger partial charge is 0.228 e. The summed E-state index contributed by atoms with van der Waals surface area (Å²) in [6.45, 7) is 9.59. The van der Waals surface area contributed by atoms with Gasteiger partial charge in [-0.25, -0.2) is 14.1 Å². The van der Waals surface area contributed by atoms with E-state index in [0.29, 0.717) is 41.1 Å². The Hall–Kier alpha value is -3.21. The van der Waals surface area contributed by atoms with Crippen molar-refractivity contribution < 1.29 is 9.13 Å². The van der Waals surface area contributed by atoms with Gasteiger partial charge in [0.15, 0.2) is 17.8 Å². The second kappa shape index (κ2) is 7.73. The number of fused-ring (bicyclic) bond motifs is 2. The summed E-state index contributed by atoms with van der Waals surface area (Å²) < 4.78 is 22.1. The molecule has 2 aliphatic rings. The first-order valence-corrected chi connectivity index (χ1v) is 10.8. The Bertz CT molecular complexity index is 1180. The van der Waals surface area contributed by atoms with E-state index in [-0.39, 0.29) is 0 Å². The van der Waals surface area contributed by atoms with Gasteiger partial charge in [-0.2, -0.15) is 15.2 Å². The fourth-order valence-corrected chi connectivity index (χ4v) is 4.55. The minimum atomic E-state index is -1.27. The van der Waals surface area contributed by atoms with E-state index in [2.05, 4.69) is 49.7 Å². The molecule has 5 heterocycles. The Labute approximate surface area is 185 Å². The second-order valence-corrected chi connectivity index (χ2v) is 8.72. The number of allylic oxidation sites excluding steroid dienone is 1. The van der Waals surface area contributed by atoms with Gasteiger partial charge in [-0.15, -0.1) is 0 Å². The van der Waals surface area contributed by atoms with Gasteiger partial charge in [0.2, 0.25) is 5.88 Å². The number of piperazine rings is 1. The lowest BCUT2D eigenvalue weighted by Gasteiger charge is -2.37. The molecule has 1 fully saturated rings. The predicted molar refractivity (Wildman–Crippen MR) is 120 cm³/mol. The van der Waals surface area contributed by atoms with Crippen LogP contribution in [-0.2, 0) is 0 Å². The Morgan fingerprint density at radius 3 is 2.66 bits per heavy atom. The van der Waals surface area contributed by atoms with Gasteiger partial charge in [-0.05, 0) is 20.8 Å². The minimum Gasteiger partial charge on any atom is -0.480 e. The standard InChI is InChI=1S/C21H28FN9O/c1-10-7-30(8-11(2)23-10)16-6-14-17(21(26-16)32-5)19(28-27-14)25-15-9-31-20(18(22)12(15)3)24-13(4)29-31/h6,9-12,18,23H,7-8H2,1-5H3,(H2,25,27,28)/t10-,11-,12?,18?/m0/s1. The van der Waals surface area contributed by atoms with Crippen molar-refractivity contribution >= 4 is 28.7 Å². The number of hydrogen-bond acceptors (Lipinski definition) is 8. The lowest BCUT2D eigenvalue weighted by molar-refractivity contribution is 0.251. The van der Waals surface area contributed by atoms with E-state index < -0.39 is 12.1 Å². The summed E-state index contributed by atoms with van der Waals surface area (Å²) in [5, 5.41) is 19.3. The lowest BCUT2D eigenvalue weighted by atomic mass is 9.99. The first kappa shape index (κ1) is 20.7. The van der Waals surface area contributed by atoms with E-state index in [9.17, 15) is 4.39 Å². The largest absolute Gasteiger partial charge is 0.480 e. The highest BCUT2D eigenvalue weighted by molar-refractivity contribution is 5.96. The summed E-state index contributed by atoms with van der Waals surface area (Å²) in [4.78, 5) is 11.2. The van der Waals surface area contributed by atoms with E-state index in [0.717, 1.165) is 29.8 Å². The van der Waals surface area contributed by atoms with Crippen molar-refractivity contribution in [2.24, 2.45) is 5.92 Å². The predicted octanol–water partition coefficient (Wildman–Crippen LogP) is 2.62. The molecular weight excluding hydrogens is 413 g/mol. The van der Waals surface area contributed by atoms with Crippen molar-refractivity contribution in [1.29, 1.82) is 0 Å². The molecule has 0 bridgehead atoms. The Morgan fingerprint density at radius 2 is 1.94 bits per heavy atom. The molecule has 0 amide bonds. The molecule has 3 N–H and O–H groups in total. The van der Waals surface area contributed by atoms with Gasteiger partial charge in [0.1, 0.15) is 17.0 Å². The van der Waals surface area contributed by atoms with Crippen molar-refractivity contribution in [3.63, 3.8) is 0 Å². The Balaban J connectivity index is 1.50. The molecule has 0 aliphatic carbocycles. The number of H-pyrrole nitrogens is 1. The maximum atomic E-state index is 15.0. The van der Waals surface area contributed by atoms with Gasteiger partial charge in [0.05, 0.1) is 18.8 Å². The molecule has 3 aromatic rings. The number of halogens is 1. The van der Waals surface area contributed by atoms with E-state index in [4.69, 9.17) is 9.72 Å². The van der Waals surface area contributed by atoms with Crippen LogP contribution < -0.4 is 20.3 Å². The van der Waals surface area contributed by atoms with E-state index in [1.807, 2.05) is 13.0 Å². The third kappa shape index (κ3) is 3.46. The second-order valence-electron chi connectivity index (χ2n) is 8.72. The zero-order chi connectivity index (χ0) is 22.6. The highest BCUT2D eigenvalue weighted by Gasteiger charge is 2.32. The van der Waals surface area contributed by atoms with Crippen LogP contribution in [-0.4, -0.2) is 62.2 Å². The number of anilines is 2. The molecule has 0 aromatic carbocycles. The van der Waals surface area contributed by atoms with Crippen LogP contribution >= 0.6 is 0 Å². The van der Waals surface area contributed by atoms with Gasteiger partial charge in [-0.1, -0.05) is 6.92 Å². The Kier molecular flexibility index (Phi) is 5.00. The molecule has 0 spiro atoms. The SMILES string of the molecule is COc1nc(N2C[C@H](C)N[C@@H](C)C2)cc2[nH]nc(NC3=Cn4nc(C)nc4C(F)C3C)c12. The van der Waals surface area contributed by atoms with Crippen molar-refractivity contribution in [3.8, 4) is 5.88 Å². The van der Waals surface area contributed by atoms with Crippen LogP contribution in [0.1, 0.15) is 38.6 Å². The summed E-state index contributed by atoms with van der Waals surface area (Å²) in [6.07, 6.45) is 0.492. The van der Waals surface area contributed by atoms with Crippen molar-refractivity contribution in [3.05, 3.63) is 23.4 Å². The van der Waals surface area contributed by atoms with Gasteiger partial charge in [-0.3, -0.25) is 5.10 Å².